The van der Waals surface area contributed by atoms with Crippen LogP contribution in [0.1, 0.15) is 39.0 Å². The zero-order chi connectivity index (χ0) is 13.9. The molecule has 104 valence electrons. The lowest BCUT2D eigenvalue weighted by molar-refractivity contribution is -0.385. The minimum Gasteiger partial charge on any atom is -0.382 e. The van der Waals surface area contributed by atoms with Gasteiger partial charge in [-0.2, -0.15) is 0 Å². The second-order valence-electron chi connectivity index (χ2n) is 5.34. The SMILES string of the molecule is CCC1(CNc2ccc([N+](=O)[O-])cc2F)CCCC1. The molecule has 0 atom stereocenters. The van der Waals surface area contributed by atoms with Gasteiger partial charge in [0.15, 0.2) is 5.82 Å². The first-order chi connectivity index (χ1) is 9.06. The molecule has 0 aromatic heterocycles. The van der Waals surface area contributed by atoms with E-state index in [1.54, 1.807) is 0 Å². The number of nitro groups is 1. The highest BCUT2D eigenvalue weighted by atomic mass is 19.1. The number of anilines is 1. The zero-order valence-electron chi connectivity index (χ0n) is 11.1. The van der Waals surface area contributed by atoms with Crippen LogP contribution in [-0.4, -0.2) is 11.5 Å². The average molecular weight is 266 g/mol. The highest BCUT2D eigenvalue weighted by Crippen LogP contribution is 2.41. The summed E-state index contributed by atoms with van der Waals surface area (Å²) in [6.07, 6.45) is 5.89. The van der Waals surface area contributed by atoms with Gasteiger partial charge in [0.2, 0.25) is 0 Å². The molecule has 0 bridgehead atoms. The molecule has 2 rings (SSSR count). The van der Waals surface area contributed by atoms with Crippen molar-refractivity contribution in [3.63, 3.8) is 0 Å². The van der Waals surface area contributed by atoms with E-state index in [2.05, 4.69) is 12.2 Å². The lowest BCUT2D eigenvalue weighted by atomic mass is 9.83. The Hall–Kier alpha value is -1.65. The van der Waals surface area contributed by atoms with Crippen LogP contribution in [0.15, 0.2) is 18.2 Å². The maximum absolute atomic E-state index is 13.7. The van der Waals surface area contributed by atoms with Crippen molar-refractivity contribution in [1.82, 2.24) is 0 Å². The van der Waals surface area contributed by atoms with Gasteiger partial charge in [0.05, 0.1) is 16.7 Å². The molecule has 0 saturated heterocycles. The molecule has 0 unspecified atom stereocenters. The molecular weight excluding hydrogens is 247 g/mol. The van der Waals surface area contributed by atoms with Crippen LogP contribution < -0.4 is 5.32 Å². The molecule has 1 aromatic carbocycles. The molecule has 1 aromatic rings. The van der Waals surface area contributed by atoms with Gasteiger partial charge < -0.3 is 5.32 Å². The summed E-state index contributed by atoms with van der Waals surface area (Å²) in [7, 11) is 0. The fourth-order valence-electron chi connectivity index (χ4n) is 2.82. The average Bonchev–Trinajstić information content (AvgIpc) is 2.86. The third-order valence-corrected chi connectivity index (χ3v) is 4.23. The van der Waals surface area contributed by atoms with Gasteiger partial charge in [0.1, 0.15) is 0 Å². The van der Waals surface area contributed by atoms with E-state index in [-0.39, 0.29) is 11.1 Å². The summed E-state index contributed by atoms with van der Waals surface area (Å²) in [4.78, 5) is 9.96. The fraction of sp³-hybridized carbons (Fsp3) is 0.571. The maximum Gasteiger partial charge on any atom is 0.272 e. The third kappa shape index (κ3) is 3.03. The van der Waals surface area contributed by atoms with Crippen molar-refractivity contribution in [2.75, 3.05) is 11.9 Å². The van der Waals surface area contributed by atoms with Crippen molar-refractivity contribution in [1.29, 1.82) is 0 Å². The molecule has 0 heterocycles. The van der Waals surface area contributed by atoms with Crippen molar-refractivity contribution in [3.8, 4) is 0 Å². The Kier molecular flexibility index (Phi) is 4.02. The topological polar surface area (TPSA) is 55.2 Å². The van der Waals surface area contributed by atoms with E-state index in [0.29, 0.717) is 5.69 Å². The van der Waals surface area contributed by atoms with Crippen LogP contribution in [0.5, 0.6) is 0 Å². The van der Waals surface area contributed by atoms with Crippen LogP contribution in [0.25, 0.3) is 0 Å². The van der Waals surface area contributed by atoms with E-state index < -0.39 is 10.7 Å². The predicted molar refractivity (Wildman–Crippen MR) is 72.7 cm³/mol. The van der Waals surface area contributed by atoms with E-state index in [1.807, 2.05) is 0 Å². The largest absolute Gasteiger partial charge is 0.382 e. The number of nitrogens with one attached hydrogen (secondary N) is 1. The summed E-state index contributed by atoms with van der Waals surface area (Å²) in [5.41, 5.74) is 0.397. The molecule has 0 aliphatic heterocycles. The molecule has 5 heteroatoms. The van der Waals surface area contributed by atoms with Crippen LogP contribution in [0.4, 0.5) is 15.8 Å². The Morgan fingerprint density at radius 3 is 2.63 bits per heavy atom. The predicted octanol–water partition coefficient (Wildman–Crippen LogP) is 4.12. The van der Waals surface area contributed by atoms with Crippen LogP contribution in [0, 0.1) is 21.3 Å². The molecule has 0 amide bonds. The number of rotatable bonds is 5. The van der Waals surface area contributed by atoms with Gasteiger partial charge in [0, 0.05) is 12.6 Å². The third-order valence-electron chi connectivity index (χ3n) is 4.23. The van der Waals surface area contributed by atoms with E-state index in [4.69, 9.17) is 0 Å². The van der Waals surface area contributed by atoms with Gasteiger partial charge in [0.25, 0.3) is 5.69 Å². The Morgan fingerprint density at radius 2 is 2.11 bits per heavy atom. The van der Waals surface area contributed by atoms with E-state index in [0.717, 1.165) is 19.0 Å². The zero-order valence-corrected chi connectivity index (χ0v) is 11.1. The minimum absolute atomic E-state index is 0.214. The molecule has 1 aliphatic rings. The van der Waals surface area contributed by atoms with Crippen molar-refractivity contribution in [3.05, 3.63) is 34.1 Å². The molecule has 1 saturated carbocycles. The van der Waals surface area contributed by atoms with Crippen molar-refractivity contribution >= 4 is 11.4 Å². The standard InChI is InChI=1S/C14H19FN2O2/c1-2-14(7-3-4-8-14)10-16-13-6-5-11(17(18)19)9-12(13)15/h5-6,9,16H,2-4,7-8,10H2,1H3. The Labute approximate surface area is 112 Å². The lowest BCUT2D eigenvalue weighted by Crippen LogP contribution is -2.26. The van der Waals surface area contributed by atoms with Crippen LogP contribution in [0.3, 0.4) is 0 Å². The van der Waals surface area contributed by atoms with E-state index in [1.165, 1.54) is 37.8 Å². The minimum atomic E-state index is -0.586. The second-order valence-corrected chi connectivity index (χ2v) is 5.34. The van der Waals surface area contributed by atoms with E-state index >= 15 is 0 Å². The number of non-ortho nitro benzene ring substituents is 1. The number of benzene rings is 1. The molecular formula is C14H19FN2O2. The molecule has 0 spiro atoms. The first-order valence-electron chi connectivity index (χ1n) is 6.74. The summed E-state index contributed by atoms with van der Waals surface area (Å²) in [6, 6.07) is 3.75. The van der Waals surface area contributed by atoms with Gasteiger partial charge in [-0.15, -0.1) is 0 Å². The first-order valence-corrected chi connectivity index (χ1v) is 6.74. The van der Waals surface area contributed by atoms with Crippen molar-refractivity contribution in [2.24, 2.45) is 5.41 Å². The molecule has 1 aliphatic carbocycles. The fourth-order valence-corrected chi connectivity index (χ4v) is 2.82. The van der Waals surface area contributed by atoms with Crippen LogP contribution in [0.2, 0.25) is 0 Å². The highest BCUT2D eigenvalue weighted by Gasteiger charge is 2.31. The number of hydrogen-bond acceptors (Lipinski definition) is 3. The summed E-state index contributed by atoms with van der Waals surface area (Å²) in [5.74, 6) is -0.557. The Balaban J connectivity index is 2.05. The van der Waals surface area contributed by atoms with Gasteiger partial charge in [-0.1, -0.05) is 19.8 Å². The molecule has 0 radical (unpaired) electrons. The number of hydrogen-bond donors (Lipinski definition) is 1. The van der Waals surface area contributed by atoms with Gasteiger partial charge in [-0.05, 0) is 30.7 Å². The molecule has 19 heavy (non-hydrogen) atoms. The van der Waals surface area contributed by atoms with Crippen LogP contribution >= 0.6 is 0 Å². The Morgan fingerprint density at radius 1 is 1.42 bits per heavy atom. The molecule has 4 nitrogen and oxygen atoms in total. The lowest BCUT2D eigenvalue weighted by Gasteiger charge is -2.28. The number of nitrogens with zero attached hydrogens (tertiary/aromatic N) is 1. The molecule has 1 fully saturated rings. The summed E-state index contributed by atoms with van der Waals surface area (Å²) in [5, 5.41) is 13.7. The smallest absolute Gasteiger partial charge is 0.272 e. The first kappa shape index (κ1) is 13.8. The number of nitro benzene ring substituents is 1. The number of halogens is 1. The maximum atomic E-state index is 13.7. The Bertz CT molecular complexity index is 471. The van der Waals surface area contributed by atoms with Crippen molar-refractivity contribution in [2.45, 2.75) is 39.0 Å². The van der Waals surface area contributed by atoms with Crippen molar-refractivity contribution < 1.29 is 9.31 Å². The van der Waals surface area contributed by atoms with Gasteiger partial charge in [-0.3, -0.25) is 10.1 Å². The normalized spacial score (nSPS) is 17.4. The molecule has 1 N–H and O–H groups in total. The summed E-state index contributed by atoms with van der Waals surface area (Å²) in [6.45, 7) is 2.90. The monoisotopic (exact) mass is 266 g/mol. The summed E-state index contributed by atoms with van der Waals surface area (Å²) >= 11 is 0. The highest BCUT2D eigenvalue weighted by molar-refractivity contribution is 5.50. The van der Waals surface area contributed by atoms with Gasteiger partial charge in [-0.25, -0.2) is 4.39 Å². The van der Waals surface area contributed by atoms with E-state index in [9.17, 15) is 14.5 Å². The summed E-state index contributed by atoms with van der Waals surface area (Å²) < 4.78 is 13.7. The van der Waals surface area contributed by atoms with Gasteiger partial charge >= 0.3 is 0 Å². The van der Waals surface area contributed by atoms with Crippen LogP contribution in [-0.2, 0) is 0 Å². The quantitative estimate of drug-likeness (QED) is 0.644. The second kappa shape index (κ2) is 5.55.